The molecule has 2 rings (SSSR count). The van der Waals surface area contributed by atoms with E-state index in [9.17, 15) is 8.42 Å². The van der Waals surface area contributed by atoms with Crippen molar-refractivity contribution in [2.75, 3.05) is 18.8 Å². The van der Waals surface area contributed by atoms with Crippen molar-refractivity contribution in [3.63, 3.8) is 0 Å². The van der Waals surface area contributed by atoms with Gasteiger partial charge in [-0.15, -0.1) is 0 Å². The van der Waals surface area contributed by atoms with E-state index in [4.69, 9.17) is 0 Å². The van der Waals surface area contributed by atoms with Crippen LogP contribution in [0.4, 0.5) is 0 Å². The molecule has 2 aliphatic rings. The van der Waals surface area contributed by atoms with Gasteiger partial charge in [0, 0.05) is 6.54 Å². The van der Waals surface area contributed by atoms with E-state index in [-0.39, 0.29) is 5.25 Å². The van der Waals surface area contributed by atoms with Crippen molar-refractivity contribution in [2.24, 2.45) is 5.92 Å². The lowest BCUT2D eigenvalue weighted by Crippen LogP contribution is -2.28. The van der Waals surface area contributed by atoms with Crippen molar-refractivity contribution in [1.82, 2.24) is 5.32 Å². The molecule has 0 aromatic carbocycles. The minimum atomic E-state index is -2.81. The predicted octanol–water partition coefficient (Wildman–Crippen LogP) is 0.953. The number of nitrogens with one attached hydrogen (secondary N) is 1. The molecule has 3 nitrogen and oxygen atoms in total. The summed E-state index contributed by atoms with van der Waals surface area (Å²) in [6, 6.07) is 0. The molecule has 0 aromatic heterocycles. The maximum absolute atomic E-state index is 11.9. The second-order valence-corrected chi connectivity index (χ2v) is 6.92. The molecule has 82 valence electrons. The van der Waals surface area contributed by atoms with Crippen molar-refractivity contribution in [3.05, 3.63) is 0 Å². The van der Waals surface area contributed by atoms with E-state index in [2.05, 4.69) is 5.32 Å². The zero-order valence-electron chi connectivity index (χ0n) is 8.54. The molecule has 1 unspecified atom stereocenters. The van der Waals surface area contributed by atoms with Crippen molar-refractivity contribution in [3.8, 4) is 0 Å². The summed E-state index contributed by atoms with van der Waals surface area (Å²) in [7, 11) is -2.81. The first-order chi connectivity index (χ1) is 6.68. The van der Waals surface area contributed by atoms with E-state index in [1.54, 1.807) is 0 Å². The molecule has 0 aromatic rings. The first kappa shape index (κ1) is 10.4. The zero-order valence-corrected chi connectivity index (χ0v) is 9.35. The quantitative estimate of drug-likeness (QED) is 0.765. The summed E-state index contributed by atoms with van der Waals surface area (Å²) in [5.41, 5.74) is 0. The SMILES string of the molecule is O=S(=O)(CC1CCCC1)C1CCNC1. The number of sulfone groups is 1. The minimum absolute atomic E-state index is 0.0944. The van der Waals surface area contributed by atoms with Crippen LogP contribution in [-0.4, -0.2) is 32.5 Å². The van der Waals surface area contributed by atoms with Gasteiger partial charge in [-0.25, -0.2) is 8.42 Å². The number of hydrogen-bond acceptors (Lipinski definition) is 3. The Bertz CT molecular complexity index is 274. The van der Waals surface area contributed by atoms with Crippen LogP contribution in [-0.2, 0) is 9.84 Å². The van der Waals surface area contributed by atoms with Gasteiger partial charge in [-0.05, 0) is 31.7 Å². The van der Waals surface area contributed by atoms with Gasteiger partial charge < -0.3 is 5.32 Å². The fourth-order valence-corrected chi connectivity index (χ4v) is 4.69. The molecule has 1 heterocycles. The van der Waals surface area contributed by atoms with Gasteiger partial charge in [0.25, 0.3) is 0 Å². The van der Waals surface area contributed by atoms with Crippen LogP contribution in [0.25, 0.3) is 0 Å². The Morgan fingerprint density at radius 2 is 1.86 bits per heavy atom. The van der Waals surface area contributed by atoms with Crippen molar-refractivity contribution >= 4 is 9.84 Å². The van der Waals surface area contributed by atoms with Crippen LogP contribution in [0.5, 0.6) is 0 Å². The maximum Gasteiger partial charge on any atom is 0.154 e. The zero-order chi connectivity index (χ0) is 10.0. The van der Waals surface area contributed by atoms with Crippen LogP contribution < -0.4 is 5.32 Å². The lowest BCUT2D eigenvalue weighted by molar-refractivity contribution is 0.549. The molecular weight excluding hydrogens is 198 g/mol. The van der Waals surface area contributed by atoms with E-state index >= 15 is 0 Å². The summed E-state index contributed by atoms with van der Waals surface area (Å²) in [4.78, 5) is 0. The molecule has 1 aliphatic heterocycles. The molecule has 14 heavy (non-hydrogen) atoms. The van der Waals surface area contributed by atoms with Crippen molar-refractivity contribution < 1.29 is 8.42 Å². The van der Waals surface area contributed by atoms with Crippen molar-refractivity contribution in [1.29, 1.82) is 0 Å². The Hall–Kier alpha value is -0.0900. The highest BCUT2D eigenvalue weighted by Gasteiger charge is 2.31. The third-order valence-corrected chi connectivity index (χ3v) is 5.82. The second kappa shape index (κ2) is 4.19. The van der Waals surface area contributed by atoms with E-state index in [1.807, 2.05) is 0 Å². The van der Waals surface area contributed by atoms with Crippen LogP contribution in [0, 0.1) is 5.92 Å². The largest absolute Gasteiger partial charge is 0.315 e. The van der Waals surface area contributed by atoms with Crippen LogP contribution in [0.2, 0.25) is 0 Å². The topological polar surface area (TPSA) is 46.2 Å². The van der Waals surface area contributed by atoms with Crippen LogP contribution in [0.3, 0.4) is 0 Å². The molecule has 2 fully saturated rings. The molecule has 0 radical (unpaired) electrons. The van der Waals surface area contributed by atoms with Crippen LogP contribution in [0.15, 0.2) is 0 Å². The lowest BCUT2D eigenvalue weighted by Gasteiger charge is -2.14. The van der Waals surface area contributed by atoms with Gasteiger partial charge in [0.05, 0.1) is 11.0 Å². The van der Waals surface area contributed by atoms with E-state index in [0.717, 1.165) is 25.8 Å². The average molecular weight is 217 g/mol. The maximum atomic E-state index is 11.9. The molecule has 1 atom stereocenters. The van der Waals surface area contributed by atoms with Gasteiger partial charge in [-0.3, -0.25) is 0 Å². The first-order valence-corrected chi connectivity index (χ1v) is 7.32. The Balaban J connectivity index is 1.93. The normalized spacial score (nSPS) is 29.9. The van der Waals surface area contributed by atoms with Crippen LogP contribution in [0.1, 0.15) is 32.1 Å². The summed E-state index contributed by atoms with van der Waals surface area (Å²) >= 11 is 0. The fourth-order valence-electron chi connectivity index (χ4n) is 2.58. The average Bonchev–Trinajstić information content (AvgIpc) is 2.71. The highest BCUT2D eigenvalue weighted by Crippen LogP contribution is 2.27. The van der Waals surface area contributed by atoms with E-state index < -0.39 is 9.84 Å². The first-order valence-electron chi connectivity index (χ1n) is 5.61. The van der Waals surface area contributed by atoms with Gasteiger partial charge in [-0.2, -0.15) is 0 Å². The summed E-state index contributed by atoms with van der Waals surface area (Å²) in [6.45, 7) is 1.55. The van der Waals surface area contributed by atoms with Gasteiger partial charge in [0.15, 0.2) is 9.84 Å². The summed E-state index contributed by atoms with van der Waals surface area (Å²) < 4.78 is 23.9. The van der Waals surface area contributed by atoms with Gasteiger partial charge in [0.2, 0.25) is 0 Å². The van der Waals surface area contributed by atoms with E-state index in [0.29, 0.717) is 18.2 Å². The second-order valence-electron chi connectivity index (χ2n) is 4.59. The summed E-state index contributed by atoms with van der Waals surface area (Å²) in [6.07, 6.45) is 5.51. The van der Waals surface area contributed by atoms with Gasteiger partial charge in [-0.1, -0.05) is 12.8 Å². The Kier molecular flexibility index (Phi) is 3.12. The molecule has 0 bridgehead atoms. The van der Waals surface area contributed by atoms with E-state index in [1.165, 1.54) is 12.8 Å². The molecule has 1 aliphatic carbocycles. The number of hydrogen-bond donors (Lipinski definition) is 1. The van der Waals surface area contributed by atoms with Gasteiger partial charge >= 0.3 is 0 Å². The number of rotatable bonds is 3. The minimum Gasteiger partial charge on any atom is -0.315 e. The third-order valence-electron chi connectivity index (χ3n) is 3.47. The van der Waals surface area contributed by atoms with Crippen molar-refractivity contribution in [2.45, 2.75) is 37.4 Å². The molecule has 0 spiro atoms. The molecule has 1 N–H and O–H groups in total. The molecule has 1 saturated heterocycles. The highest BCUT2D eigenvalue weighted by molar-refractivity contribution is 7.92. The van der Waals surface area contributed by atoms with Gasteiger partial charge in [0.1, 0.15) is 0 Å². The fraction of sp³-hybridized carbons (Fsp3) is 1.00. The Labute approximate surface area is 86.2 Å². The summed E-state index contributed by atoms with van der Waals surface area (Å²) in [5.74, 6) is 0.903. The monoisotopic (exact) mass is 217 g/mol. The predicted molar refractivity (Wildman–Crippen MR) is 57.0 cm³/mol. The molecular formula is C10H19NO2S. The molecule has 1 saturated carbocycles. The highest BCUT2D eigenvalue weighted by atomic mass is 32.2. The standard InChI is InChI=1S/C10H19NO2S/c12-14(13,10-5-6-11-7-10)8-9-3-1-2-4-9/h9-11H,1-8H2. The smallest absolute Gasteiger partial charge is 0.154 e. The molecule has 4 heteroatoms. The van der Waals surface area contributed by atoms with Crippen LogP contribution >= 0.6 is 0 Å². The molecule has 0 amide bonds. The summed E-state index contributed by atoms with van der Waals surface area (Å²) in [5, 5.41) is 3.03. The third kappa shape index (κ3) is 2.28. The Morgan fingerprint density at radius 1 is 1.14 bits per heavy atom. The lowest BCUT2D eigenvalue weighted by atomic mass is 10.1. The Morgan fingerprint density at radius 3 is 2.43 bits per heavy atom.